The Morgan fingerprint density at radius 2 is 1.87 bits per heavy atom. The number of benzene rings is 1. The molecule has 1 amide bonds. The standard InChI is InChI=1S/C25H38ClFN2O/c1-24(2,3)14-16-29-15-11-19(22(27)18-29)17-28-23(30)25(12-5-4-6-13-25)20-7-9-21(26)10-8-20/h7-10,19,22H,4-6,11-18H2,1-3H3,(H,28,30)/t19-,22-/m0/s1. The minimum Gasteiger partial charge on any atom is -0.355 e. The van der Waals surface area contributed by atoms with Crippen LogP contribution >= 0.6 is 11.6 Å². The fourth-order valence-corrected chi connectivity index (χ4v) is 5.03. The lowest BCUT2D eigenvalue weighted by Gasteiger charge is -2.38. The average Bonchev–Trinajstić information content (AvgIpc) is 2.72. The Bertz CT molecular complexity index is 694. The van der Waals surface area contributed by atoms with Crippen molar-refractivity contribution < 1.29 is 9.18 Å². The molecule has 0 radical (unpaired) electrons. The van der Waals surface area contributed by atoms with E-state index in [1.165, 1.54) is 6.42 Å². The number of carbonyl (C=O) groups excluding carboxylic acids is 1. The number of likely N-dealkylation sites (tertiary alicyclic amines) is 1. The molecule has 3 nitrogen and oxygen atoms in total. The highest BCUT2D eigenvalue weighted by atomic mass is 35.5. The van der Waals surface area contributed by atoms with Crippen LogP contribution in [0.15, 0.2) is 24.3 Å². The topological polar surface area (TPSA) is 32.3 Å². The first kappa shape index (κ1) is 23.5. The molecule has 1 saturated heterocycles. The SMILES string of the molecule is CC(C)(C)CCN1CC[C@@H](CNC(=O)C2(c3ccc(Cl)cc3)CCCCC2)[C@@H](F)C1. The molecule has 30 heavy (non-hydrogen) atoms. The van der Waals surface area contributed by atoms with Crippen LogP contribution in [0.2, 0.25) is 5.02 Å². The van der Waals surface area contributed by atoms with Gasteiger partial charge in [-0.25, -0.2) is 4.39 Å². The Hall–Kier alpha value is -1.13. The van der Waals surface area contributed by atoms with Gasteiger partial charge in [-0.15, -0.1) is 0 Å². The first-order valence-corrected chi connectivity index (χ1v) is 12.0. The Labute approximate surface area is 186 Å². The molecule has 1 aromatic carbocycles. The van der Waals surface area contributed by atoms with Gasteiger partial charge in [-0.3, -0.25) is 4.79 Å². The van der Waals surface area contributed by atoms with Crippen molar-refractivity contribution in [1.29, 1.82) is 0 Å². The molecule has 0 spiro atoms. The van der Waals surface area contributed by atoms with E-state index in [2.05, 4.69) is 31.0 Å². The zero-order valence-electron chi connectivity index (χ0n) is 18.9. The van der Waals surface area contributed by atoms with E-state index in [1.807, 2.05) is 24.3 Å². The molecule has 0 unspecified atom stereocenters. The van der Waals surface area contributed by atoms with Crippen molar-refractivity contribution in [2.24, 2.45) is 11.3 Å². The highest BCUT2D eigenvalue weighted by molar-refractivity contribution is 6.30. The van der Waals surface area contributed by atoms with Gasteiger partial charge in [-0.05, 0) is 61.9 Å². The van der Waals surface area contributed by atoms with Crippen molar-refractivity contribution in [2.75, 3.05) is 26.2 Å². The number of nitrogens with zero attached hydrogens (tertiary/aromatic N) is 1. The van der Waals surface area contributed by atoms with Gasteiger partial charge in [0.1, 0.15) is 6.17 Å². The number of nitrogens with one attached hydrogen (secondary N) is 1. The van der Waals surface area contributed by atoms with Gasteiger partial charge in [0.25, 0.3) is 0 Å². The second-order valence-electron chi connectivity index (χ2n) is 10.5. The van der Waals surface area contributed by atoms with Crippen molar-refractivity contribution in [3.63, 3.8) is 0 Å². The molecule has 2 aliphatic rings. The summed E-state index contributed by atoms with van der Waals surface area (Å²) in [6, 6.07) is 7.70. The lowest BCUT2D eigenvalue weighted by Crippen LogP contribution is -2.50. The summed E-state index contributed by atoms with van der Waals surface area (Å²) in [6.07, 6.45) is 5.97. The van der Waals surface area contributed by atoms with Gasteiger partial charge in [-0.2, -0.15) is 0 Å². The number of hydrogen-bond acceptors (Lipinski definition) is 2. The quantitative estimate of drug-likeness (QED) is 0.615. The van der Waals surface area contributed by atoms with Crippen LogP contribution in [0.3, 0.4) is 0 Å². The summed E-state index contributed by atoms with van der Waals surface area (Å²) in [5.74, 6) is -0.0300. The van der Waals surface area contributed by atoms with Crippen molar-refractivity contribution in [3.05, 3.63) is 34.9 Å². The summed E-state index contributed by atoms with van der Waals surface area (Å²) in [6.45, 7) is 9.46. The van der Waals surface area contributed by atoms with Crippen LogP contribution in [-0.4, -0.2) is 43.2 Å². The second-order valence-corrected chi connectivity index (χ2v) is 11.0. The van der Waals surface area contributed by atoms with Crippen LogP contribution in [0.25, 0.3) is 0 Å². The van der Waals surface area contributed by atoms with E-state index in [0.29, 0.717) is 18.1 Å². The number of hydrogen-bond donors (Lipinski definition) is 1. The van der Waals surface area contributed by atoms with Gasteiger partial charge in [0.05, 0.1) is 5.41 Å². The third kappa shape index (κ3) is 5.97. The summed E-state index contributed by atoms with van der Waals surface area (Å²) in [7, 11) is 0. The van der Waals surface area contributed by atoms with Gasteiger partial charge >= 0.3 is 0 Å². The molecule has 1 aliphatic heterocycles. The Morgan fingerprint density at radius 1 is 1.20 bits per heavy atom. The molecule has 0 aromatic heterocycles. The van der Waals surface area contributed by atoms with Gasteiger partial charge < -0.3 is 10.2 Å². The molecule has 1 saturated carbocycles. The smallest absolute Gasteiger partial charge is 0.230 e. The van der Waals surface area contributed by atoms with Crippen molar-refractivity contribution in [2.45, 2.75) is 77.3 Å². The third-order valence-corrected chi connectivity index (χ3v) is 7.25. The lowest BCUT2D eigenvalue weighted by atomic mass is 9.68. The molecule has 2 fully saturated rings. The summed E-state index contributed by atoms with van der Waals surface area (Å²) >= 11 is 6.07. The second kappa shape index (κ2) is 9.99. The summed E-state index contributed by atoms with van der Waals surface area (Å²) in [5.41, 5.74) is 0.812. The summed E-state index contributed by atoms with van der Waals surface area (Å²) < 4.78 is 14.9. The molecular weight excluding hydrogens is 399 g/mol. The third-order valence-electron chi connectivity index (χ3n) is 7.00. The normalized spacial score (nSPS) is 25.1. The van der Waals surface area contributed by atoms with E-state index in [-0.39, 0.29) is 17.2 Å². The fourth-order valence-electron chi connectivity index (χ4n) is 4.91. The maximum Gasteiger partial charge on any atom is 0.230 e. The first-order chi connectivity index (χ1) is 14.2. The van der Waals surface area contributed by atoms with E-state index < -0.39 is 11.6 Å². The van der Waals surface area contributed by atoms with E-state index in [9.17, 15) is 9.18 Å². The molecule has 1 aliphatic carbocycles. The Kier molecular flexibility index (Phi) is 7.84. The maximum atomic E-state index is 14.9. The molecule has 2 atom stereocenters. The van der Waals surface area contributed by atoms with Crippen LogP contribution in [0, 0.1) is 11.3 Å². The van der Waals surface area contributed by atoms with Crippen molar-refractivity contribution in [1.82, 2.24) is 10.2 Å². The average molecular weight is 437 g/mol. The summed E-state index contributed by atoms with van der Waals surface area (Å²) in [5, 5.41) is 3.83. The molecule has 168 valence electrons. The van der Waals surface area contributed by atoms with Crippen LogP contribution < -0.4 is 5.32 Å². The van der Waals surface area contributed by atoms with Crippen LogP contribution in [0.5, 0.6) is 0 Å². The minimum atomic E-state index is -0.878. The number of piperidine rings is 1. The van der Waals surface area contributed by atoms with Gasteiger partial charge in [-0.1, -0.05) is 63.8 Å². The van der Waals surface area contributed by atoms with E-state index in [1.54, 1.807) is 0 Å². The monoisotopic (exact) mass is 436 g/mol. The number of amides is 1. The van der Waals surface area contributed by atoms with Gasteiger partial charge in [0.15, 0.2) is 0 Å². The van der Waals surface area contributed by atoms with Crippen LogP contribution in [0.1, 0.15) is 71.3 Å². The number of halogens is 2. The molecular formula is C25H38ClFN2O. The zero-order chi connectivity index (χ0) is 21.8. The number of alkyl halides is 1. The highest BCUT2D eigenvalue weighted by Gasteiger charge is 2.41. The molecule has 5 heteroatoms. The van der Waals surface area contributed by atoms with Crippen LogP contribution in [-0.2, 0) is 10.2 Å². The van der Waals surface area contributed by atoms with E-state index in [4.69, 9.17) is 11.6 Å². The largest absolute Gasteiger partial charge is 0.355 e. The predicted molar refractivity (Wildman–Crippen MR) is 123 cm³/mol. The van der Waals surface area contributed by atoms with E-state index in [0.717, 1.165) is 57.2 Å². The minimum absolute atomic E-state index is 0.0619. The maximum absolute atomic E-state index is 14.9. The van der Waals surface area contributed by atoms with Crippen molar-refractivity contribution in [3.8, 4) is 0 Å². The van der Waals surface area contributed by atoms with E-state index >= 15 is 0 Å². The molecule has 0 bridgehead atoms. The summed E-state index contributed by atoms with van der Waals surface area (Å²) in [4.78, 5) is 15.6. The highest BCUT2D eigenvalue weighted by Crippen LogP contribution is 2.40. The zero-order valence-corrected chi connectivity index (χ0v) is 19.6. The molecule has 1 heterocycles. The predicted octanol–water partition coefficient (Wildman–Crippen LogP) is 5.75. The van der Waals surface area contributed by atoms with Crippen LogP contribution in [0.4, 0.5) is 4.39 Å². The Morgan fingerprint density at radius 3 is 2.47 bits per heavy atom. The number of carbonyl (C=O) groups is 1. The van der Waals surface area contributed by atoms with Crippen molar-refractivity contribution >= 4 is 17.5 Å². The molecule has 1 N–H and O–H groups in total. The van der Waals surface area contributed by atoms with Gasteiger partial charge in [0.2, 0.25) is 5.91 Å². The Balaban J connectivity index is 1.57. The number of rotatable bonds is 6. The lowest BCUT2D eigenvalue weighted by molar-refractivity contribution is -0.128. The van der Waals surface area contributed by atoms with Gasteiger partial charge in [0, 0.05) is 24.0 Å². The first-order valence-electron chi connectivity index (χ1n) is 11.6. The molecule has 3 rings (SSSR count). The molecule has 1 aromatic rings. The fraction of sp³-hybridized carbons (Fsp3) is 0.720.